The summed E-state index contributed by atoms with van der Waals surface area (Å²) in [5.41, 5.74) is 3.90. The molecule has 0 N–H and O–H groups in total. The van der Waals surface area contributed by atoms with Crippen molar-refractivity contribution in [2.75, 3.05) is 38.3 Å². The Morgan fingerprint density at radius 2 is 1.94 bits per heavy atom. The lowest BCUT2D eigenvalue weighted by atomic mass is 9.98. The zero-order valence-corrected chi connectivity index (χ0v) is 21.2. The molecule has 1 heterocycles. The van der Waals surface area contributed by atoms with Crippen molar-refractivity contribution in [1.29, 1.82) is 0 Å². The van der Waals surface area contributed by atoms with E-state index < -0.39 is 5.81 Å². The van der Waals surface area contributed by atoms with Gasteiger partial charge in [0, 0.05) is 37.8 Å². The Labute approximate surface area is 213 Å². The SMILES string of the molecule is [B]C(=O)N1CCN(c2ccc(Cl)c(OC)c2)C[C@@H]1CC(=O)/C=C/c1ccc(OCC=C)c(C)c1C. The van der Waals surface area contributed by atoms with Gasteiger partial charge in [-0.15, -0.1) is 0 Å². The maximum absolute atomic E-state index is 12.9. The molecule has 0 aromatic heterocycles. The van der Waals surface area contributed by atoms with E-state index in [1.807, 2.05) is 38.1 Å². The fraction of sp³-hybridized carbons (Fsp3) is 0.333. The third-order valence-corrected chi connectivity index (χ3v) is 6.60. The lowest BCUT2D eigenvalue weighted by Gasteiger charge is -2.42. The summed E-state index contributed by atoms with van der Waals surface area (Å²) >= 11 is 6.16. The topological polar surface area (TPSA) is 59.1 Å². The molecule has 2 aromatic carbocycles. The number of allylic oxidation sites excluding steroid dienone is 1. The van der Waals surface area contributed by atoms with Gasteiger partial charge in [-0.1, -0.05) is 36.4 Å². The molecule has 3 rings (SSSR count). The quantitative estimate of drug-likeness (QED) is 0.281. The van der Waals surface area contributed by atoms with Gasteiger partial charge in [0.15, 0.2) is 11.6 Å². The summed E-state index contributed by atoms with van der Waals surface area (Å²) in [4.78, 5) is 28.6. The number of anilines is 1. The Hall–Kier alpha value is -3.19. The molecule has 0 aliphatic carbocycles. The van der Waals surface area contributed by atoms with E-state index in [9.17, 15) is 9.59 Å². The number of methoxy groups -OCH3 is 1. The molecule has 0 bridgehead atoms. The van der Waals surface area contributed by atoms with Crippen molar-refractivity contribution in [3.8, 4) is 11.5 Å². The van der Waals surface area contributed by atoms with Crippen LogP contribution in [0.25, 0.3) is 6.08 Å². The normalized spacial score (nSPS) is 15.8. The Morgan fingerprint density at radius 1 is 1.17 bits per heavy atom. The summed E-state index contributed by atoms with van der Waals surface area (Å²) < 4.78 is 11.0. The molecule has 2 radical (unpaired) electrons. The lowest BCUT2D eigenvalue weighted by Crippen LogP contribution is -2.55. The number of nitrogens with zero attached hydrogens (tertiary/aromatic N) is 2. The summed E-state index contributed by atoms with van der Waals surface area (Å²) in [7, 11) is 7.18. The molecular weight excluding hydrogens is 463 g/mol. The van der Waals surface area contributed by atoms with Crippen LogP contribution in [0.5, 0.6) is 11.5 Å². The van der Waals surface area contributed by atoms with E-state index in [2.05, 4.69) is 11.5 Å². The van der Waals surface area contributed by atoms with Crippen molar-refractivity contribution < 1.29 is 19.1 Å². The first-order valence-corrected chi connectivity index (χ1v) is 11.8. The Morgan fingerprint density at radius 3 is 2.63 bits per heavy atom. The molecule has 0 saturated carbocycles. The van der Waals surface area contributed by atoms with Gasteiger partial charge in [-0.25, -0.2) is 0 Å². The third-order valence-electron chi connectivity index (χ3n) is 6.29. The molecule has 1 aliphatic heterocycles. The van der Waals surface area contributed by atoms with Crippen LogP contribution in [-0.2, 0) is 4.79 Å². The second kappa shape index (κ2) is 12.0. The fourth-order valence-corrected chi connectivity index (χ4v) is 4.38. The smallest absolute Gasteiger partial charge is 0.200 e. The minimum atomic E-state index is -0.526. The molecule has 1 amide bonds. The summed E-state index contributed by atoms with van der Waals surface area (Å²) in [5, 5.41) is 0.523. The van der Waals surface area contributed by atoms with Gasteiger partial charge in [0.2, 0.25) is 7.85 Å². The summed E-state index contributed by atoms with van der Waals surface area (Å²) in [6.45, 7) is 9.57. The number of halogens is 1. The van der Waals surface area contributed by atoms with E-state index in [0.29, 0.717) is 37.0 Å². The van der Waals surface area contributed by atoms with Crippen LogP contribution in [0.3, 0.4) is 0 Å². The number of hydrogen-bond acceptors (Lipinski definition) is 5. The molecule has 0 unspecified atom stereocenters. The van der Waals surface area contributed by atoms with Crippen molar-refractivity contribution in [2.24, 2.45) is 0 Å². The highest BCUT2D eigenvalue weighted by Crippen LogP contribution is 2.31. The first kappa shape index (κ1) is 26.4. The van der Waals surface area contributed by atoms with Crippen LogP contribution in [0.1, 0.15) is 23.1 Å². The van der Waals surface area contributed by atoms with Gasteiger partial charge in [0.05, 0.1) is 18.2 Å². The summed E-state index contributed by atoms with van der Waals surface area (Å²) in [6.07, 6.45) is 5.24. The highest BCUT2D eigenvalue weighted by molar-refractivity contribution is 6.57. The van der Waals surface area contributed by atoms with E-state index in [0.717, 1.165) is 28.1 Å². The number of rotatable bonds is 9. The maximum atomic E-state index is 12.9. The van der Waals surface area contributed by atoms with Gasteiger partial charge in [-0.2, -0.15) is 0 Å². The fourth-order valence-electron chi connectivity index (χ4n) is 4.19. The second-order valence-electron chi connectivity index (χ2n) is 8.46. The highest BCUT2D eigenvalue weighted by atomic mass is 35.5. The van der Waals surface area contributed by atoms with Crippen LogP contribution in [0.2, 0.25) is 5.02 Å². The Kier molecular flexibility index (Phi) is 9.04. The van der Waals surface area contributed by atoms with E-state index >= 15 is 0 Å². The maximum Gasteiger partial charge on any atom is 0.200 e. The average molecular weight is 493 g/mol. The predicted octanol–water partition coefficient (Wildman–Crippen LogP) is 4.98. The first-order chi connectivity index (χ1) is 16.7. The monoisotopic (exact) mass is 492 g/mol. The molecule has 1 aliphatic rings. The van der Waals surface area contributed by atoms with Gasteiger partial charge in [0.25, 0.3) is 0 Å². The van der Waals surface area contributed by atoms with E-state index in [-0.39, 0.29) is 18.2 Å². The molecule has 182 valence electrons. The predicted molar refractivity (Wildman–Crippen MR) is 142 cm³/mol. The number of carbonyl (C=O) groups excluding carboxylic acids is 2. The van der Waals surface area contributed by atoms with Crippen LogP contribution in [-0.4, -0.2) is 63.7 Å². The van der Waals surface area contributed by atoms with Crippen LogP contribution >= 0.6 is 11.6 Å². The van der Waals surface area contributed by atoms with Gasteiger partial charge < -0.3 is 19.3 Å². The third kappa shape index (κ3) is 6.48. The number of ketones is 1. The standard InChI is InChI=1S/C27H30BClN2O4/c1-5-14-35-25-11-7-20(18(2)19(25)3)6-9-23(32)15-22-17-30(12-13-31(22)27(28)33)21-8-10-24(29)26(16-21)34-4/h5-11,16,22H,1,12-15,17H2,2-4H3/b9-6+/t22-/m0/s1. The highest BCUT2D eigenvalue weighted by Gasteiger charge is 2.30. The van der Waals surface area contributed by atoms with Crippen molar-refractivity contribution in [3.63, 3.8) is 0 Å². The Balaban J connectivity index is 1.73. The molecule has 6 nitrogen and oxygen atoms in total. The summed E-state index contributed by atoms with van der Waals surface area (Å²) in [5.74, 6) is 0.759. The van der Waals surface area contributed by atoms with Crippen molar-refractivity contribution in [1.82, 2.24) is 4.90 Å². The van der Waals surface area contributed by atoms with Crippen molar-refractivity contribution >= 4 is 42.8 Å². The van der Waals surface area contributed by atoms with E-state index in [4.69, 9.17) is 28.9 Å². The molecule has 8 heteroatoms. The number of carbonyl (C=O) groups is 2. The lowest BCUT2D eigenvalue weighted by molar-refractivity contribution is -0.115. The molecule has 1 saturated heterocycles. The van der Waals surface area contributed by atoms with Crippen molar-refractivity contribution in [2.45, 2.75) is 26.3 Å². The number of amides is 1. The van der Waals surface area contributed by atoms with Crippen LogP contribution in [0, 0.1) is 13.8 Å². The molecule has 2 aromatic rings. The zero-order chi connectivity index (χ0) is 25.5. The van der Waals surface area contributed by atoms with Crippen LogP contribution in [0.4, 0.5) is 10.5 Å². The number of piperazine rings is 1. The van der Waals surface area contributed by atoms with Gasteiger partial charge in [-0.05, 0) is 54.8 Å². The minimum absolute atomic E-state index is 0.0826. The molecular formula is C27H30BClN2O4. The molecule has 1 atom stereocenters. The number of ether oxygens (including phenoxy) is 2. The summed E-state index contributed by atoms with van der Waals surface area (Å²) in [6, 6.07) is 9.00. The van der Waals surface area contributed by atoms with Gasteiger partial charge in [0.1, 0.15) is 18.1 Å². The Bertz CT molecular complexity index is 1130. The first-order valence-electron chi connectivity index (χ1n) is 11.4. The van der Waals surface area contributed by atoms with Crippen LogP contribution in [0.15, 0.2) is 49.1 Å². The van der Waals surface area contributed by atoms with E-state index in [1.165, 1.54) is 0 Å². The zero-order valence-electron chi connectivity index (χ0n) is 20.4. The molecule has 1 fully saturated rings. The van der Waals surface area contributed by atoms with Crippen molar-refractivity contribution in [3.05, 3.63) is 70.8 Å². The van der Waals surface area contributed by atoms with E-state index in [1.54, 1.807) is 36.3 Å². The average Bonchev–Trinajstić information content (AvgIpc) is 2.84. The van der Waals surface area contributed by atoms with Gasteiger partial charge >= 0.3 is 0 Å². The number of benzene rings is 2. The van der Waals surface area contributed by atoms with Crippen LogP contribution < -0.4 is 14.4 Å². The minimum Gasteiger partial charge on any atom is -0.495 e. The second-order valence-corrected chi connectivity index (χ2v) is 8.86. The molecule has 0 spiro atoms. The van der Waals surface area contributed by atoms with Gasteiger partial charge in [-0.3, -0.25) is 9.59 Å². The largest absolute Gasteiger partial charge is 0.495 e. The number of hydrogen-bond donors (Lipinski definition) is 0. The molecule has 35 heavy (non-hydrogen) atoms.